The minimum absolute atomic E-state index is 0.128. The van der Waals surface area contributed by atoms with Crippen molar-refractivity contribution in [1.29, 1.82) is 0 Å². The average molecular weight is 451 g/mol. The van der Waals surface area contributed by atoms with Crippen LogP contribution in [0.4, 0.5) is 17.2 Å². The number of carbonyl (C=O) groups excluding carboxylic acids is 1. The van der Waals surface area contributed by atoms with Gasteiger partial charge in [0, 0.05) is 57.3 Å². The highest BCUT2D eigenvalue weighted by atomic mass is 16.6. The molecule has 4 rings (SSSR count). The molecule has 1 fully saturated rings. The first-order valence-corrected chi connectivity index (χ1v) is 10.7. The quantitative estimate of drug-likeness (QED) is 0.331. The molecule has 1 aliphatic rings. The van der Waals surface area contributed by atoms with Crippen molar-refractivity contribution in [1.82, 2.24) is 9.55 Å². The van der Waals surface area contributed by atoms with Gasteiger partial charge in [-0.2, -0.15) is 0 Å². The molecule has 0 spiro atoms. The summed E-state index contributed by atoms with van der Waals surface area (Å²) < 4.78 is 6.64. The maximum absolute atomic E-state index is 13.0. The zero-order valence-electron chi connectivity index (χ0n) is 18.8. The fourth-order valence-corrected chi connectivity index (χ4v) is 4.46. The van der Waals surface area contributed by atoms with Crippen LogP contribution in [0.15, 0.2) is 41.5 Å². The van der Waals surface area contributed by atoms with Crippen molar-refractivity contribution in [2.45, 2.75) is 13.8 Å². The normalized spacial score (nSPS) is 13.9. The summed E-state index contributed by atoms with van der Waals surface area (Å²) in [6.45, 7) is 6.01. The predicted molar refractivity (Wildman–Crippen MR) is 125 cm³/mol. The van der Waals surface area contributed by atoms with Gasteiger partial charge in [-0.3, -0.25) is 14.9 Å². The van der Waals surface area contributed by atoms with Crippen molar-refractivity contribution in [2.75, 3.05) is 42.6 Å². The van der Waals surface area contributed by atoms with Gasteiger partial charge in [0.15, 0.2) is 0 Å². The maximum Gasteiger partial charge on any atom is 0.343 e. The number of anilines is 2. The Bertz CT molecular complexity index is 1280. The van der Waals surface area contributed by atoms with E-state index in [1.165, 1.54) is 12.3 Å². The summed E-state index contributed by atoms with van der Waals surface area (Å²) in [6, 6.07) is 7.02. The minimum atomic E-state index is -0.741. The van der Waals surface area contributed by atoms with E-state index < -0.39 is 16.3 Å². The summed E-state index contributed by atoms with van der Waals surface area (Å²) >= 11 is 0. The standard InChI is InChI=1S/C23H25N5O5/c1-4-33-23(30)17-14-25(3)20-15(2)21(18(28(31)32)13-16(20)22(17)29)27-11-9-26(10-12-27)19-7-5-6-8-24-19/h5-8,13-14H,4,9-12H2,1-3H3. The molecule has 33 heavy (non-hydrogen) atoms. The molecule has 0 atom stereocenters. The fourth-order valence-electron chi connectivity index (χ4n) is 4.46. The second-order valence-electron chi connectivity index (χ2n) is 7.89. The Kier molecular flexibility index (Phi) is 5.99. The monoisotopic (exact) mass is 451 g/mol. The van der Waals surface area contributed by atoms with Crippen LogP contribution in [-0.2, 0) is 11.8 Å². The molecule has 0 bridgehead atoms. The Labute approximate surface area is 190 Å². The van der Waals surface area contributed by atoms with Crippen molar-refractivity contribution in [3.05, 3.63) is 68.1 Å². The molecule has 0 radical (unpaired) electrons. The molecule has 1 aliphatic heterocycles. The van der Waals surface area contributed by atoms with E-state index in [1.54, 1.807) is 31.7 Å². The smallest absolute Gasteiger partial charge is 0.343 e. The molecule has 2 aromatic heterocycles. The van der Waals surface area contributed by atoms with Crippen molar-refractivity contribution in [3.63, 3.8) is 0 Å². The van der Waals surface area contributed by atoms with Gasteiger partial charge in [-0.25, -0.2) is 9.78 Å². The third-order valence-electron chi connectivity index (χ3n) is 5.92. The fraction of sp³-hybridized carbons (Fsp3) is 0.348. The van der Waals surface area contributed by atoms with Gasteiger partial charge in [0.05, 0.1) is 22.4 Å². The number of fused-ring (bicyclic) bond motifs is 1. The molecular formula is C23H25N5O5. The second-order valence-corrected chi connectivity index (χ2v) is 7.89. The second kappa shape index (κ2) is 8.89. The molecule has 1 saturated heterocycles. The number of nitrogens with zero attached hydrogens (tertiary/aromatic N) is 5. The van der Waals surface area contributed by atoms with Crippen LogP contribution >= 0.6 is 0 Å². The van der Waals surface area contributed by atoms with Crippen molar-refractivity contribution >= 4 is 34.1 Å². The lowest BCUT2D eigenvalue weighted by Crippen LogP contribution is -2.47. The highest BCUT2D eigenvalue weighted by Gasteiger charge is 2.29. The Morgan fingerprint density at radius 1 is 1.21 bits per heavy atom. The molecule has 3 heterocycles. The number of aryl methyl sites for hydroxylation is 2. The molecule has 0 N–H and O–H groups in total. The van der Waals surface area contributed by atoms with Crippen LogP contribution in [0.3, 0.4) is 0 Å². The van der Waals surface area contributed by atoms with Crippen LogP contribution in [0.5, 0.6) is 0 Å². The van der Waals surface area contributed by atoms with Gasteiger partial charge < -0.3 is 19.1 Å². The van der Waals surface area contributed by atoms with E-state index in [0.717, 1.165) is 5.82 Å². The Hall–Kier alpha value is -3.95. The van der Waals surface area contributed by atoms with Gasteiger partial charge in [-0.15, -0.1) is 0 Å². The number of hydrogen-bond donors (Lipinski definition) is 0. The summed E-state index contributed by atoms with van der Waals surface area (Å²) in [6.07, 6.45) is 3.18. The topological polar surface area (TPSA) is 111 Å². The van der Waals surface area contributed by atoms with Crippen LogP contribution in [-0.4, -0.2) is 53.2 Å². The number of aromatic nitrogens is 2. The zero-order chi connectivity index (χ0) is 23.7. The van der Waals surface area contributed by atoms with Crippen molar-refractivity contribution in [2.24, 2.45) is 7.05 Å². The van der Waals surface area contributed by atoms with E-state index in [4.69, 9.17) is 4.74 Å². The molecule has 172 valence electrons. The molecule has 1 aromatic carbocycles. The maximum atomic E-state index is 13.0. The lowest BCUT2D eigenvalue weighted by molar-refractivity contribution is -0.384. The molecular weight excluding hydrogens is 426 g/mol. The van der Waals surface area contributed by atoms with Crippen molar-refractivity contribution in [3.8, 4) is 0 Å². The molecule has 0 unspecified atom stereocenters. The summed E-state index contributed by atoms with van der Waals surface area (Å²) in [7, 11) is 1.71. The van der Waals surface area contributed by atoms with E-state index in [-0.39, 0.29) is 23.2 Å². The molecule has 10 heteroatoms. The summed E-state index contributed by atoms with van der Waals surface area (Å²) in [4.78, 5) is 45.3. The van der Waals surface area contributed by atoms with Crippen LogP contribution in [0.1, 0.15) is 22.8 Å². The predicted octanol–water partition coefficient (Wildman–Crippen LogP) is 2.65. The zero-order valence-corrected chi connectivity index (χ0v) is 18.8. The van der Waals surface area contributed by atoms with E-state index >= 15 is 0 Å². The number of rotatable bonds is 5. The largest absolute Gasteiger partial charge is 0.462 e. The Balaban J connectivity index is 1.78. The van der Waals surface area contributed by atoms with E-state index in [9.17, 15) is 19.7 Å². The lowest BCUT2D eigenvalue weighted by atomic mass is 10.0. The van der Waals surface area contributed by atoms with Gasteiger partial charge in [0.25, 0.3) is 5.69 Å². The highest BCUT2D eigenvalue weighted by Crippen LogP contribution is 2.37. The minimum Gasteiger partial charge on any atom is -0.462 e. The SMILES string of the molecule is CCOC(=O)c1cn(C)c2c(C)c(N3CCN(c4ccccn4)CC3)c([N+](=O)[O-])cc2c1=O. The number of ether oxygens (including phenoxy) is 1. The molecule has 3 aromatic rings. The number of piperazine rings is 1. The van der Waals surface area contributed by atoms with E-state index in [1.807, 2.05) is 23.1 Å². The first-order chi connectivity index (χ1) is 15.8. The third kappa shape index (κ3) is 3.99. The number of pyridine rings is 2. The number of benzene rings is 1. The van der Waals surface area contributed by atoms with Gasteiger partial charge >= 0.3 is 5.97 Å². The third-order valence-corrected chi connectivity index (χ3v) is 5.92. The van der Waals surface area contributed by atoms with Crippen LogP contribution < -0.4 is 15.2 Å². The van der Waals surface area contributed by atoms with Crippen LogP contribution in [0, 0.1) is 17.0 Å². The van der Waals surface area contributed by atoms with Crippen LogP contribution in [0.2, 0.25) is 0 Å². The number of nitro benzene ring substituents is 1. The Morgan fingerprint density at radius 2 is 1.91 bits per heavy atom. The lowest BCUT2D eigenvalue weighted by Gasteiger charge is -2.37. The first kappa shape index (κ1) is 22.3. The summed E-state index contributed by atoms with van der Waals surface area (Å²) in [5, 5.41) is 12.1. The number of esters is 1. The van der Waals surface area contributed by atoms with E-state index in [0.29, 0.717) is 42.9 Å². The number of carbonyl (C=O) groups is 1. The van der Waals surface area contributed by atoms with Gasteiger partial charge in [-0.05, 0) is 26.0 Å². The summed E-state index contributed by atoms with van der Waals surface area (Å²) in [5.74, 6) is 0.130. The molecule has 0 aliphatic carbocycles. The molecule has 0 saturated carbocycles. The number of nitro groups is 1. The molecule has 10 nitrogen and oxygen atoms in total. The first-order valence-electron chi connectivity index (χ1n) is 10.7. The van der Waals surface area contributed by atoms with Gasteiger partial charge in [0.2, 0.25) is 5.43 Å². The average Bonchev–Trinajstić information content (AvgIpc) is 2.81. The highest BCUT2D eigenvalue weighted by molar-refractivity contribution is 5.98. The van der Waals surface area contributed by atoms with Gasteiger partial charge in [0.1, 0.15) is 17.1 Å². The van der Waals surface area contributed by atoms with E-state index in [2.05, 4.69) is 9.88 Å². The summed E-state index contributed by atoms with van der Waals surface area (Å²) in [5.41, 5.74) is 0.814. The van der Waals surface area contributed by atoms with Crippen molar-refractivity contribution < 1.29 is 14.5 Å². The van der Waals surface area contributed by atoms with Gasteiger partial charge in [-0.1, -0.05) is 6.07 Å². The van der Waals surface area contributed by atoms with Crippen LogP contribution in [0.25, 0.3) is 10.9 Å². The Morgan fingerprint density at radius 3 is 2.52 bits per heavy atom. The number of hydrogen-bond acceptors (Lipinski definition) is 8. The molecule has 0 amide bonds.